The summed E-state index contributed by atoms with van der Waals surface area (Å²) in [5, 5.41) is 3.25. The first-order valence-corrected chi connectivity index (χ1v) is 6.77. The van der Waals surface area contributed by atoms with Crippen molar-refractivity contribution in [3.8, 4) is 0 Å². The number of hydrogen-bond donors (Lipinski definition) is 2. The van der Waals surface area contributed by atoms with Gasteiger partial charge in [0.05, 0.1) is 0 Å². The predicted octanol–water partition coefficient (Wildman–Crippen LogP) is 2.93. The van der Waals surface area contributed by atoms with Crippen molar-refractivity contribution in [1.29, 1.82) is 0 Å². The number of amides is 1. The lowest BCUT2D eigenvalue weighted by Gasteiger charge is -2.11. The molecule has 1 atom stereocenters. The zero-order chi connectivity index (χ0) is 12.8. The SMILES string of the molecule is CC(CNC(=O)c1ccc[nH]1)Sc1ccccc1. The fraction of sp³-hybridized carbons (Fsp3) is 0.214. The van der Waals surface area contributed by atoms with Gasteiger partial charge in [-0.2, -0.15) is 0 Å². The number of aromatic nitrogens is 1. The first kappa shape index (κ1) is 12.8. The standard InChI is InChI=1S/C14H16N2OS/c1-11(18-12-6-3-2-4-7-12)10-16-14(17)13-8-5-9-15-13/h2-9,11,15H,10H2,1H3,(H,16,17). The highest BCUT2D eigenvalue weighted by Gasteiger charge is 2.08. The van der Waals surface area contributed by atoms with Gasteiger partial charge in [0, 0.05) is 22.9 Å². The lowest BCUT2D eigenvalue weighted by Crippen LogP contribution is -2.29. The van der Waals surface area contributed by atoms with E-state index in [1.807, 2.05) is 24.3 Å². The van der Waals surface area contributed by atoms with Gasteiger partial charge < -0.3 is 10.3 Å². The third-order valence-corrected chi connectivity index (χ3v) is 3.59. The molecule has 1 aromatic carbocycles. The first-order valence-electron chi connectivity index (χ1n) is 5.89. The lowest BCUT2D eigenvalue weighted by molar-refractivity contribution is 0.0950. The summed E-state index contributed by atoms with van der Waals surface area (Å²) in [4.78, 5) is 15.8. The van der Waals surface area contributed by atoms with E-state index < -0.39 is 0 Å². The van der Waals surface area contributed by atoms with Crippen molar-refractivity contribution in [3.63, 3.8) is 0 Å². The molecule has 0 aliphatic rings. The number of aromatic amines is 1. The smallest absolute Gasteiger partial charge is 0.267 e. The summed E-state index contributed by atoms with van der Waals surface area (Å²) >= 11 is 1.76. The van der Waals surface area contributed by atoms with Crippen LogP contribution in [0.5, 0.6) is 0 Å². The molecular formula is C14H16N2OS. The molecule has 3 nitrogen and oxygen atoms in total. The molecule has 0 saturated heterocycles. The van der Waals surface area contributed by atoms with Gasteiger partial charge in [-0.05, 0) is 24.3 Å². The Hall–Kier alpha value is -1.68. The average molecular weight is 260 g/mol. The topological polar surface area (TPSA) is 44.9 Å². The minimum absolute atomic E-state index is 0.0551. The van der Waals surface area contributed by atoms with Crippen LogP contribution in [0.1, 0.15) is 17.4 Å². The second-order valence-corrected chi connectivity index (χ2v) is 5.55. The molecule has 1 unspecified atom stereocenters. The number of hydrogen-bond acceptors (Lipinski definition) is 2. The lowest BCUT2D eigenvalue weighted by atomic mass is 10.4. The highest BCUT2D eigenvalue weighted by atomic mass is 32.2. The van der Waals surface area contributed by atoms with E-state index in [4.69, 9.17) is 0 Å². The molecule has 0 bridgehead atoms. The Morgan fingerprint density at radius 2 is 2.06 bits per heavy atom. The fourth-order valence-corrected chi connectivity index (χ4v) is 2.52. The first-order chi connectivity index (χ1) is 8.75. The maximum atomic E-state index is 11.7. The largest absolute Gasteiger partial charge is 0.357 e. The third kappa shape index (κ3) is 3.67. The number of benzene rings is 1. The maximum absolute atomic E-state index is 11.7. The van der Waals surface area contributed by atoms with Crippen molar-refractivity contribution in [1.82, 2.24) is 10.3 Å². The molecule has 0 aliphatic carbocycles. The zero-order valence-corrected chi connectivity index (χ0v) is 11.0. The highest BCUT2D eigenvalue weighted by molar-refractivity contribution is 8.00. The van der Waals surface area contributed by atoms with E-state index in [0.717, 1.165) is 0 Å². The van der Waals surface area contributed by atoms with Crippen LogP contribution in [0.25, 0.3) is 0 Å². The van der Waals surface area contributed by atoms with Gasteiger partial charge in [-0.25, -0.2) is 0 Å². The van der Waals surface area contributed by atoms with Crippen LogP contribution >= 0.6 is 11.8 Å². The van der Waals surface area contributed by atoms with Gasteiger partial charge in [0.15, 0.2) is 0 Å². The van der Waals surface area contributed by atoms with Crippen molar-refractivity contribution >= 4 is 17.7 Å². The molecule has 1 heterocycles. The van der Waals surface area contributed by atoms with Crippen LogP contribution in [0, 0.1) is 0 Å². The molecule has 2 N–H and O–H groups in total. The Bertz CT molecular complexity index is 482. The van der Waals surface area contributed by atoms with Gasteiger partial charge in [-0.3, -0.25) is 4.79 Å². The van der Waals surface area contributed by atoms with Crippen molar-refractivity contribution in [2.45, 2.75) is 17.1 Å². The molecule has 4 heteroatoms. The van der Waals surface area contributed by atoms with Gasteiger partial charge in [-0.1, -0.05) is 25.1 Å². The summed E-state index contributed by atoms with van der Waals surface area (Å²) in [5.74, 6) is -0.0551. The van der Waals surface area contributed by atoms with Gasteiger partial charge in [-0.15, -0.1) is 11.8 Å². The Kier molecular flexibility index (Phi) is 4.47. The van der Waals surface area contributed by atoms with Crippen LogP contribution < -0.4 is 5.32 Å². The van der Waals surface area contributed by atoms with Crippen molar-refractivity contribution in [2.24, 2.45) is 0 Å². The molecule has 0 radical (unpaired) electrons. The van der Waals surface area contributed by atoms with Crippen molar-refractivity contribution < 1.29 is 4.79 Å². The fourth-order valence-electron chi connectivity index (χ4n) is 1.58. The van der Waals surface area contributed by atoms with Gasteiger partial charge >= 0.3 is 0 Å². The van der Waals surface area contributed by atoms with Gasteiger partial charge in [0.25, 0.3) is 5.91 Å². The number of carbonyl (C=O) groups is 1. The van der Waals surface area contributed by atoms with E-state index in [9.17, 15) is 4.79 Å². The van der Waals surface area contributed by atoms with E-state index in [0.29, 0.717) is 17.5 Å². The molecule has 2 rings (SSSR count). The second kappa shape index (κ2) is 6.31. The summed E-state index contributed by atoms with van der Waals surface area (Å²) in [6.45, 7) is 2.75. The highest BCUT2D eigenvalue weighted by Crippen LogP contribution is 2.21. The predicted molar refractivity (Wildman–Crippen MR) is 74.9 cm³/mol. The maximum Gasteiger partial charge on any atom is 0.267 e. The average Bonchev–Trinajstić information content (AvgIpc) is 2.91. The third-order valence-electron chi connectivity index (χ3n) is 2.47. The summed E-state index contributed by atoms with van der Waals surface area (Å²) in [6, 6.07) is 13.8. The van der Waals surface area contributed by atoms with E-state index in [2.05, 4.69) is 29.4 Å². The summed E-state index contributed by atoms with van der Waals surface area (Å²) in [7, 11) is 0. The molecule has 94 valence electrons. The molecule has 0 fully saturated rings. The molecule has 18 heavy (non-hydrogen) atoms. The van der Waals surface area contributed by atoms with E-state index in [-0.39, 0.29) is 5.91 Å². The van der Waals surface area contributed by atoms with Crippen LogP contribution in [-0.2, 0) is 0 Å². The van der Waals surface area contributed by atoms with Crippen LogP contribution in [0.3, 0.4) is 0 Å². The summed E-state index contributed by atoms with van der Waals surface area (Å²) < 4.78 is 0. The number of H-pyrrole nitrogens is 1. The van der Waals surface area contributed by atoms with Crippen LogP contribution in [0.2, 0.25) is 0 Å². The second-order valence-electron chi connectivity index (χ2n) is 4.04. The molecule has 2 aromatic rings. The number of thioether (sulfide) groups is 1. The Morgan fingerprint density at radius 1 is 1.28 bits per heavy atom. The number of carbonyl (C=O) groups excluding carboxylic acids is 1. The molecule has 0 saturated carbocycles. The Morgan fingerprint density at radius 3 is 2.72 bits per heavy atom. The number of rotatable bonds is 5. The Labute approximate surface area is 111 Å². The monoisotopic (exact) mass is 260 g/mol. The van der Waals surface area contributed by atoms with E-state index >= 15 is 0 Å². The minimum Gasteiger partial charge on any atom is -0.357 e. The molecule has 0 spiro atoms. The van der Waals surface area contributed by atoms with Crippen LogP contribution in [0.15, 0.2) is 53.6 Å². The van der Waals surface area contributed by atoms with Gasteiger partial charge in [0.2, 0.25) is 0 Å². The quantitative estimate of drug-likeness (QED) is 0.812. The summed E-state index contributed by atoms with van der Waals surface area (Å²) in [5.41, 5.74) is 0.604. The van der Waals surface area contributed by atoms with Crippen LogP contribution in [-0.4, -0.2) is 22.7 Å². The normalized spacial score (nSPS) is 12.1. The van der Waals surface area contributed by atoms with Crippen molar-refractivity contribution in [3.05, 3.63) is 54.4 Å². The molecule has 0 aliphatic heterocycles. The molecular weight excluding hydrogens is 244 g/mol. The minimum atomic E-state index is -0.0551. The van der Waals surface area contributed by atoms with Crippen LogP contribution in [0.4, 0.5) is 0 Å². The summed E-state index contributed by atoms with van der Waals surface area (Å²) in [6.07, 6.45) is 1.75. The van der Waals surface area contributed by atoms with Crippen molar-refractivity contribution in [2.75, 3.05) is 6.54 Å². The van der Waals surface area contributed by atoms with E-state index in [1.165, 1.54) is 4.90 Å². The molecule has 1 amide bonds. The number of nitrogens with one attached hydrogen (secondary N) is 2. The zero-order valence-electron chi connectivity index (χ0n) is 10.2. The van der Waals surface area contributed by atoms with E-state index in [1.54, 1.807) is 24.0 Å². The van der Waals surface area contributed by atoms with Gasteiger partial charge in [0.1, 0.15) is 5.69 Å². The molecule has 1 aromatic heterocycles. The Balaban J connectivity index is 1.78.